The van der Waals surface area contributed by atoms with Gasteiger partial charge in [0.25, 0.3) is 0 Å². The zero-order chi connectivity index (χ0) is 21.0. The van der Waals surface area contributed by atoms with E-state index < -0.39 is 17.4 Å². The van der Waals surface area contributed by atoms with Gasteiger partial charge in [0, 0.05) is 13.1 Å². The second-order valence-electron chi connectivity index (χ2n) is 8.78. The number of ether oxygens (including phenoxy) is 2. The van der Waals surface area contributed by atoms with Crippen LogP contribution in [0.1, 0.15) is 11.1 Å². The molecule has 2 fully saturated rings. The molecule has 0 N–H and O–H groups in total. The molecule has 31 heavy (non-hydrogen) atoms. The highest BCUT2D eigenvalue weighted by Crippen LogP contribution is 2.52. The first-order chi connectivity index (χ1) is 15.1. The summed E-state index contributed by atoms with van der Waals surface area (Å²) in [4.78, 5) is 30.5. The highest BCUT2D eigenvalue weighted by molar-refractivity contribution is 5.93. The Labute approximate surface area is 181 Å². The van der Waals surface area contributed by atoms with Crippen LogP contribution < -0.4 is 4.74 Å². The summed E-state index contributed by atoms with van der Waals surface area (Å²) in [6.45, 7) is 2.57. The fourth-order valence-corrected chi connectivity index (χ4v) is 5.54. The Morgan fingerprint density at radius 3 is 2.52 bits per heavy atom. The third kappa shape index (κ3) is 2.89. The van der Waals surface area contributed by atoms with E-state index in [9.17, 15) is 9.59 Å². The average molecular weight is 416 g/mol. The van der Waals surface area contributed by atoms with Crippen molar-refractivity contribution in [3.63, 3.8) is 0 Å². The van der Waals surface area contributed by atoms with Crippen LogP contribution in [0.3, 0.4) is 0 Å². The monoisotopic (exact) mass is 416 g/mol. The van der Waals surface area contributed by atoms with Crippen LogP contribution in [0.25, 0.3) is 0 Å². The van der Waals surface area contributed by atoms with Gasteiger partial charge in [-0.3, -0.25) is 9.59 Å². The van der Waals surface area contributed by atoms with Crippen molar-refractivity contribution >= 4 is 11.8 Å². The molecular formula is C25H24N2O4. The second kappa shape index (κ2) is 6.95. The molecule has 6 heteroatoms. The fourth-order valence-electron chi connectivity index (χ4n) is 5.54. The van der Waals surface area contributed by atoms with Gasteiger partial charge in [0.05, 0.1) is 31.0 Å². The lowest BCUT2D eigenvalue weighted by atomic mass is 9.76. The quantitative estimate of drug-likeness (QED) is 0.703. The van der Waals surface area contributed by atoms with E-state index in [0.29, 0.717) is 32.8 Å². The van der Waals surface area contributed by atoms with Crippen LogP contribution >= 0.6 is 0 Å². The van der Waals surface area contributed by atoms with Crippen molar-refractivity contribution in [3.8, 4) is 5.75 Å². The number of hydrogen-bond donors (Lipinski definition) is 0. The summed E-state index contributed by atoms with van der Waals surface area (Å²) >= 11 is 0. The molecule has 2 amide bonds. The third-order valence-corrected chi connectivity index (χ3v) is 6.99. The predicted molar refractivity (Wildman–Crippen MR) is 113 cm³/mol. The normalized spacial score (nSPS) is 30.1. The molecule has 2 aromatic carbocycles. The molecule has 0 aliphatic carbocycles. The van der Waals surface area contributed by atoms with Gasteiger partial charge in [0.1, 0.15) is 18.0 Å². The summed E-state index contributed by atoms with van der Waals surface area (Å²) in [5.41, 5.74) is 1.69. The molecule has 4 heterocycles. The summed E-state index contributed by atoms with van der Waals surface area (Å²) in [5, 5.41) is 0. The van der Waals surface area contributed by atoms with Crippen LogP contribution in [0.2, 0.25) is 0 Å². The van der Waals surface area contributed by atoms with Crippen molar-refractivity contribution in [1.29, 1.82) is 0 Å². The summed E-state index contributed by atoms with van der Waals surface area (Å²) in [5.74, 6) is -0.0970. The minimum absolute atomic E-state index is 0.00132. The van der Waals surface area contributed by atoms with E-state index in [-0.39, 0.29) is 17.9 Å². The maximum atomic E-state index is 13.5. The number of carbonyl (C=O) groups is 2. The number of benzene rings is 2. The molecule has 2 aromatic rings. The van der Waals surface area contributed by atoms with Crippen LogP contribution in [0.5, 0.6) is 5.75 Å². The number of para-hydroxylation sites is 1. The van der Waals surface area contributed by atoms with Gasteiger partial charge in [-0.25, -0.2) is 0 Å². The molecule has 0 radical (unpaired) electrons. The Kier molecular flexibility index (Phi) is 4.18. The van der Waals surface area contributed by atoms with E-state index in [0.717, 1.165) is 5.75 Å². The lowest BCUT2D eigenvalue weighted by Gasteiger charge is -2.27. The van der Waals surface area contributed by atoms with Gasteiger partial charge in [-0.2, -0.15) is 0 Å². The predicted octanol–water partition coefficient (Wildman–Crippen LogP) is 2.39. The Hall–Kier alpha value is -3.12. The first kappa shape index (κ1) is 18.6. The molecule has 6 rings (SSSR count). The summed E-state index contributed by atoms with van der Waals surface area (Å²) in [7, 11) is 0. The summed E-state index contributed by atoms with van der Waals surface area (Å²) in [6.07, 6.45) is 3.66. The van der Waals surface area contributed by atoms with Crippen molar-refractivity contribution in [3.05, 3.63) is 77.9 Å². The number of amides is 2. The molecule has 4 aliphatic rings. The van der Waals surface area contributed by atoms with Crippen LogP contribution in [0, 0.1) is 11.8 Å². The topological polar surface area (TPSA) is 59.1 Å². The lowest BCUT2D eigenvalue weighted by molar-refractivity contribution is -0.143. The number of fused-ring (bicyclic) bond motifs is 2. The van der Waals surface area contributed by atoms with Crippen LogP contribution in [0.15, 0.2) is 66.7 Å². The van der Waals surface area contributed by atoms with Crippen molar-refractivity contribution in [1.82, 2.24) is 9.80 Å². The van der Waals surface area contributed by atoms with Crippen LogP contribution in [0.4, 0.5) is 0 Å². The van der Waals surface area contributed by atoms with E-state index in [2.05, 4.69) is 12.1 Å². The average Bonchev–Trinajstić information content (AvgIpc) is 3.53. The van der Waals surface area contributed by atoms with Gasteiger partial charge in [-0.05, 0) is 23.3 Å². The van der Waals surface area contributed by atoms with Gasteiger partial charge in [-0.1, -0.05) is 54.6 Å². The van der Waals surface area contributed by atoms with E-state index in [1.165, 1.54) is 11.1 Å². The van der Waals surface area contributed by atoms with Crippen LogP contribution in [-0.4, -0.2) is 53.0 Å². The van der Waals surface area contributed by atoms with Crippen molar-refractivity contribution in [2.75, 3.05) is 19.7 Å². The van der Waals surface area contributed by atoms with E-state index >= 15 is 0 Å². The Morgan fingerprint density at radius 1 is 1.06 bits per heavy atom. The molecule has 2 bridgehead atoms. The molecule has 158 valence electrons. The van der Waals surface area contributed by atoms with Crippen molar-refractivity contribution in [2.45, 2.75) is 24.8 Å². The second-order valence-corrected chi connectivity index (χ2v) is 8.78. The molecule has 4 aliphatic heterocycles. The van der Waals surface area contributed by atoms with Crippen LogP contribution in [-0.2, 0) is 27.4 Å². The van der Waals surface area contributed by atoms with Crippen molar-refractivity contribution < 1.29 is 19.1 Å². The highest BCUT2D eigenvalue weighted by atomic mass is 16.5. The largest absolute Gasteiger partial charge is 0.492 e. The van der Waals surface area contributed by atoms with Gasteiger partial charge in [0.15, 0.2) is 0 Å². The molecule has 1 spiro atoms. The number of rotatable bonds is 5. The minimum atomic E-state index is -0.679. The van der Waals surface area contributed by atoms with Gasteiger partial charge >= 0.3 is 0 Å². The SMILES string of the molecule is O=C([C@H]1[C@@H]2C=C[C@@]3(CN(CCOc4ccccc4)C(=O)[C@H]13)O2)N1Cc2ccccc2C1. The number of likely N-dealkylation sites (tertiary alicyclic amines) is 1. The van der Waals surface area contributed by atoms with E-state index in [4.69, 9.17) is 9.47 Å². The first-order valence-corrected chi connectivity index (χ1v) is 10.8. The standard InChI is InChI=1S/C25H24N2O4/c28-23(27-14-17-6-4-5-7-18(17)15-27)21-20-10-11-25(31-20)16-26(24(29)22(21)25)12-13-30-19-8-2-1-3-9-19/h1-11,20-22H,12-16H2/t20-,21-,22-,25-/m0/s1. The lowest BCUT2D eigenvalue weighted by Crippen LogP contribution is -2.44. The molecule has 0 aromatic heterocycles. The highest BCUT2D eigenvalue weighted by Gasteiger charge is 2.67. The zero-order valence-corrected chi connectivity index (χ0v) is 17.1. The first-order valence-electron chi connectivity index (χ1n) is 10.8. The maximum absolute atomic E-state index is 13.5. The molecule has 4 atom stereocenters. The number of carbonyl (C=O) groups excluding carboxylic acids is 2. The van der Waals surface area contributed by atoms with E-state index in [1.807, 2.05) is 59.5 Å². The Bertz CT molecular complexity index is 1040. The summed E-state index contributed by atoms with van der Waals surface area (Å²) in [6, 6.07) is 17.7. The van der Waals surface area contributed by atoms with Gasteiger partial charge in [0.2, 0.25) is 11.8 Å². The van der Waals surface area contributed by atoms with Gasteiger partial charge in [-0.15, -0.1) is 0 Å². The minimum Gasteiger partial charge on any atom is -0.492 e. The molecular weight excluding hydrogens is 392 g/mol. The maximum Gasteiger partial charge on any atom is 0.230 e. The molecule has 0 unspecified atom stereocenters. The van der Waals surface area contributed by atoms with Crippen molar-refractivity contribution in [2.24, 2.45) is 11.8 Å². The van der Waals surface area contributed by atoms with Gasteiger partial charge < -0.3 is 19.3 Å². The molecule has 0 saturated carbocycles. The number of nitrogens with zero attached hydrogens (tertiary/aromatic N) is 2. The fraction of sp³-hybridized carbons (Fsp3) is 0.360. The molecule has 6 nitrogen and oxygen atoms in total. The Balaban J connectivity index is 1.17. The zero-order valence-electron chi connectivity index (χ0n) is 17.1. The summed E-state index contributed by atoms with van der Waals surface area (Å²) < 4.78 is 12.0. The van der Waals surface area contributed by atoms with E-state index in [1.54, 1.807) is 4.90 Å². The number of hydrogen-bond acceptors (Lipinski definition) is 4. The Morgan fingerprint density at radius 2 is 1.77 bits per heavy atom. The third-order valence-electron chi connectivity index (χ3n) is 6.99. The smallest absolute Gasteiger partial charge is 0.230 e. The molecule has 2 saturated heterocycles.